The van der Waals surface area contributed by atoms with Gasteiger partial charge in [0.05, 0.1) is 11.6 Å². The second-order valence-electron chi connectivity index (χ2n) is 5.94. The minimum Gasteiger partial charge on any atom is -0.452 e. The number of hydrogen-bond donors (Lipinski definition) is 2. The van der Waals surface area contributed by atoms with Gasteiger partial charge in [-0.1, -0.05) is 30.3 Å². The number of hydrogen-bond acceptors (Lipinski definition) is 5. The molecular formula is C19H22N2O4S. The first-order valence-electron chi connectivity index (χ1n) is 8.18. The lowest BCUT2D eigenvalue weighted by Crippen LogP contribution is -2.31. The number of nitrogens with one attached hydrogen (secondary N) is 2. The van der Waals surface area contributed by atoms with Crippen molar-refractivity contribution in [3.63, 3.8) is 0 Å². The van der Waals surface area contributed by atoms with Crippen molar-refractivity contribution < 1.29 is 19.1 Å². The molecule has 2 amide bonds. The summed E-state index contributed by atoms with van der Waals surface area (Å²) in [6, 6.07) is 9.31. The highest BCUT2D eigenvalue weighted by Gasteiger charge is 2.22. The summed E-state index contributed by atoms with van der Waals surface area (Å²) in [6.07, 6.45) is 0. The van der Waals surface area contributed by atoms with Crippen LogP contribution in [0.1, 0.15) is 46.3 Å². The van der Waals surface area contributed by atoms with Crippen LogP contribution in [0.2, 0.25) is 0 Å². The molecule has 26 heavy (non-hydrogen) atoms. The average molecular weight is 374 g/mol. The molecule has 0 unspecified atom stereocenters. The van der Waals surface area contributed by atoms with Crippen LogP contribution in [0, 0.1) is 13.8 Å². The number of anilines is 1. The summed E-state index contributed by atoms with van der Waals surface area (Å²) >= 11 is 1.31. The maximum atomic E-state index is 12.4. The molecule has 0 aliphatic rings. The van der Waals surface area contributed by atoms with Crippen molar-refractivity contribution in [2.75, 3.05) is 11.9 Å². The maximum Gasteiger partial charge on any atom is 0.341 e. The van der Waals surface area contributed by atoms with E-state index in [2.05, 4.69) is 10.6 Å². The van der Waals surface area contributed by atoms with Crippen LogP contribution >= 0.6 is 11.3 Å². The van der Waals surface area contributed by atoms with Gasteiger partial charge in [-0.2, -0.15) is 0 Å². The number of amides is 2. The largest absolute Gasteiger partial charge is 0.452 e. The fourth-order valence-corrected chi connectivity index (χ4v) is 3.53. The van der Waals surface area contributed by atoms with Gasteiger partial charge in [0.15, 0.2) is 6.61 Å². The first kappa shape index (κ1) is 19.7. The summed E-state index contributed by atoms with van der Waals surface area (Å²) < 4.78 is 5.15. The van der Waals surface area contributed by atoms with E-state index in [9.17, 15) is 14.4 Å². The standard InChI is InChI=1S/C19H22N2O4S/c1-11-13(3)26-18(21-14(4)22)17(11)19(24)25-10-16(23)20-12(2)15-8-6-5-7-9-15/h5-9,12H,10H2,1-4H3,(H,20,23)(H,21,22)/t12-/m0/s1. The van der Waals surface area contributed by atoms with E-state index < -0.39 is 5.97 Å². The number of ether oxygens (including phenoxy) is 1. The van der Waals surface area contributed by atoms with Gasteiger partial charge >= 0.3 is 5.97 Å². The molecule has 1 aromatic heterocycles. The van der Waals surface area contributed by atoms with Gasteiger partial charge in [-0.25, -0.2) is 4.79 Å². The van der Waals surface area contributed by atoms with Crippen molar-refractivity contribution in [2.45, 2.75) is 33.7 Å². The lowest BCUT2D eigenvalue weighted by atomic mass is 10.1. The van der Waals surface area contributed by atoms with Gasteiger partial charge in [-0.05, 0) is 31.9 Å². The number of esters is 1. The quantitative estimate of drug-likeness (QED) is 0.760. The average Bonchev–Trinajstić information content (AvgIpc) is 2.86. The molecular weight excluding hydrogens is 352 g/mol. The van der Waals surface area contributed by atoms with Crippen molar-refractivity contribution in [3.8, 4) is 0 Å². The van der Waals surface area contributed by atoms with E-state index in [1.807, 2.05) is 44.2 Å². The van der Waals surface area contributed by atoms with Crippen molar-refractivity contribution in [2.24, 2.45) is 0 Å². The topological polar surface area (TPSA) is 84.5 Å². The Hall–Kier alpha value is -2.67. The van der Waals surface area contributed by atoms with Crippen LogP contribution < -0.4 is 10.6 Å². The molecule has 1 atom stereocenters. The molecule has 1 heterocycles. The second kappa shape index (κ2) is 8.62. The molecule has 0 aliphatic carbocycles. The molecule has 0 saturated carbocycles. The van der Waals surface area contributed by atoms with Crippen LogP contribution in [0.25, 0.3) is 0 Å². The van der Waals surface area contributed by atoms with Crippen molar-refractivity contribution in [1.82, 2.24) is 5.32 Å². The molecule has 2 aromatic rings. The molecule has 0 fully saturated rings. The summed E-state index contributed by atoms with van der Waals surface area (Å²) in [5.74, 6) is -1.28. The summed E-state index contributed by atoms with van der Waals surface area (Å²) in [6.45, 7) is 6.49. The van der Waals surface area contributed by atoms with Gasteiger partial charge in [-0.3, -0.25) is 9.59 Å². The Morgan fingerprint density at radius 3 is 2.42 bits per heavy atom. The number of carbonyl (C=O) groups is 3. The molecule has 0 radical (unpaired) electrons. The minimum atomic E-state index is -0.627. The third-order valence-electron chi connectivity index (χ3n) is 3.89. The van der Waals surface area contributed by atoms with Crippen LogP contribution in [0.15, 0.2) is 30.3 Å². The lowest BCUT2D eigenvalue weighted by molar-refractivity contribution is -0.124. The van der Waals surface area contributed by atoms with Gasteiger partial charge in [0.25, 0.3) is 5.91 Å². The van der Waals surface area contributed by atoms with Gasteiger partial charge in [-0.15, -0.1) is 11.3 Å². The summed E-state index contributed by atoms with van der Waals surface area (Å²) in [5, 5.41) is 5.86. The zero-order valence-electron chi connectivity index (χ0n) is 15.2. The van der Waals surface area contributed by atoms with Gasteiger partial charge < -0.3 is 15.4 Å². The third kappa shape index (κ3) is 4.92. The first-order chi connectivity index (χ1) is 12.3. The van der Waals surface area contributed by atoms with E-state index in [4.69, 9.17) is 4.74 Å². The predicted molar refractivity (Wildman–Crippen MR) is 101 cm³/mol. The van der Waals surface area contributed by atoms with Crippen molar-refractivity contribution in [1.29, 1.82) is 0 Å². The Balaban J connectivity index is 1.98. The van der Waals surface area contributed by atoms with Gasteiger partial charge in [0, 0.05) is 11.8 Å². The first-order valence-corrected chi connectivity index (χ1v) is 9.00. The Morgan fingerprint density at radius 2 is 1.81 bits per heavy atom. The molecule has 0 saturated heterocycles. The zero-order valence-corrected chi connectivity index (χ0v) is 16.0. The summed E-state index contributed by atoms with van der Waals surface area (Å²) in [4.78, 5) is 36.7. The van der Waals surface area contributed by atoms with Gasteiger partial charge in [0.1, 0.15) is 5.00 Å². The lowest BCUT2D eigenvalue weighted by Gasteiger charge is -2.14. The number of carbonyl (C=O) groups excluding carboxylic acids is 3. The van der Waals surface area contributed by atoms with Gasteiger partial charge in [0.2, 0.25) is 5.91 Å². The normalized spacial score (nSPS) is 11.5. The van der Waals surface area contributed by atoms with E-state index >= 15 is 0 Å². The van der Waals surface area contributed by atoms with Crippen molar-refractivity contribution in [3.05, 3.63) is 51.9 Å². The fraction of sp³-hybridized carbons (Fsp3) is 0.316. The molecule has 0 spiro atoms. The Labute approximate surface area is 156 Å². The van der Waals surface area contributed by atoms with E-state index in [1.54, 1.807) is 6.92 Å². The van der Waals surface area contributed by atoms with E-state index in [1.165, 1.54) is 18.3 Å². The monoisotopic (exact) mass is 374 g/mol. The second-order valence-corrected chi connectivity index (χ2v) is 7.17. The molecule has 7 heteroatoms. The van der Waals surface area contributed by atoms with Crippen molar-refractivity contribution >= 4 is 34.1 Å². The maximum absolute atomic E-state index is 12.4. The highest BCUT2D eigenvalue weighted by molar-refractivity contribution is 7.16. The number of rotatable bonds is 6. The smallest absolute Gasteiger partial charge is 0.341 e. The zero-order chi connectivity index (χ0) is 19.3. The van der Waals surface area contributed by atoms with Crippen LogP contribution in [-0.4, -0.2) is 24.4 Å². The van der Waals surface area contributed by atoms with E-state index in [-0.39, 0.29) is 24.5 Å². The Bertz CT molecular complexity index is 814. The van der Waals surface area contributed by atoms with E-state index in [0.29, 0.717) is 10.6 Å². The summed E-state index contributed by atoms with van der Waals surface area (Å²) in [5.41, 5.74) is 2.00. The SMILES string of the molecule is CC(=O)Nc1sc(C)c(C)c1C(=O)OCC(=O)N[C@@H](C)c1ccccc1. The number of thiophene rings is 1. The Kier molecular flexibility index (Phi) is 6.52. The van der Waals surface area contributed by atoms with Crippen LogP contribution in [0.3, 0.4) is 0 Å². The highest BCUT2D eigenvalue weighted by atomic mass is 32.1. The van der Waals surface area contributed by atoms with Crippen LogP contribution in [-0.2, 0) is 14.3 Å². The minimum absolute atomic E-state index is 0.192. The van der Waals surface area contributed by atoms with Crippen LogP contribution in [0.5, 0.6) is 0 Å². The Morgan fingerprint density at radius 1 is 1.15 bits per heavy atom. The number of benzene rings is 1. The summed E-state index contributed by atoms with van der Waals surface area (Å²) in [7, 11) is 0. The molecule has 2 rings (SSSR count). The molecule has 0 bridgehead atoms. The molecule has 0 aliphatic heterocycles. The predicted octanol–water partition coefficient (Wildman–Crippen LogP) is 3.36. The van der Waals surface area contributed by atoms with Crippen LogP contribution in [0.4, 0.5) is 5.00 Å². The third-order valence-corrected chi connectivity index (χ3v) is 5.01. The highest BCUT2D eigenvalue weighted by Crippen LogP contribution is 2.32. The van der Waals surface area contributed by atoms with E-state index in [0.717, 1.165) is 16.0 Å². The molecule has 1 aromatic carbocycles. The molecule has 2 N–H and O–H groups in total. The molecule has 6 nitrogen and oxygen atoms in total. The molecule has 138 valence electrons. The fourth-order valence-electron chi connectivity index (χ4n) is 2.43. The number of aryl methyl sites for hydroxylation is 1.